The van der Waals surface area contributed by atoms with Crippen molar-refractivity contribution in [3.63, 3.8) is 0 Å². The van der Waals surface area contributed by atoms with Crippen LogP contribution in [-0.2, 0) is 4.79 Å². The van der Waals surface area contributed by atoms with Gasteiger partial charge in [0.05, 0.1) is 5.69 Å². The first-order valence-electron chi connectivity index (χ1n) is 7.98. The van der Waals surface area contributed by atoms with E-state index in [4.69, 9.17) is 4.74 Å². The summed E-state index contributed by atoms with van der Waals surface area (Å²) in [5.41, 5.74) is 1.74. The molecule has 0 aliphatic carbocycles. The minimum atomic E-state index is -0.754. The van der Waals surface area contributed by atoms with Gasteiger partial charge in [0.25, 0.3) is 0 Å². The molecule has 2 aromatic carbocycles. The van der Waals surface area contributed by atoms with Crippen molar-refractivity contribution in [1.29, 1.82) is 0 Å². The molecule has 0 bridgehead atoms. The number of anilines is 1. The maximum absolute atomic E-state index is 14.1. The molecule has 0 saturated heterocycles. The number of benzene rings is 2. The van der Waals surface area contributed by atoms with E-state index >= 15 is 0 Å². The molecule has 0 aliphatic heterocycles. The van der Waals surface area contributed by atoms with Crippen LogP contribution >= 0.6 is 0 Å². The van der Waals surface area contributed by atoms with Crippen molar-refractivity contribution >= 4 is 11.6 Å². The molecule has 5 heteroatoms. The van der Waals surface area contributed by atoms with Gasteiger partial charge in [-0.3, -0.25) is 9.69 Å². The molecule has 4 nitrogen and oxygen atoms in total. The predicted octanol–water partition coefficient (Wildman–Crippen LogP) is 4.02. The average Bonchev–Trinajstić information content (AvgIpc) is 2.55. The number of hydrogen-bond acceptors (Lipinski definition) is 3. The van der Waals surface area contributed by atoms with E-state index in [1.807, 2.05) is 13.0 Å². The highest BCUT2D eigenvalue weighted by atomic mass is 19.1. The topological polar surface area (TPSA) is 41.6 Å². The summed E-state index contributed by atoms with van der Waals surface area (Å²) in [4.78, 5) is 14.5. The van der Waals surface area contributed by atoms with E-state index in [2.05, 4.69) is 11.9 Å². The summed E-state index contributed by atoms with van der Waals surface area (Å²) in [6.45, 7) is 6.02. The van der Waals surface area contributed by atoms with Crippen LogP contribution in [0.25, 0.3) is 0 Å². The highest BCUT2D eigenvalue weighted by Crippen LogP contribution is 2.28. The van der Waals surface area contributed by atoms with Crippen LogP contribution in [0.2, 0.25) is 0 Å². The van der Waals surface area contributed by atoms with Gasteiger partial charge in [-0.25, -0.2) is 4.39 Å². The molecule has 25 heavy (non-hydrogen) atoms. The first-order chi connectivity index (χ1) is 11.9. The Bertz CT molecular complexity index is 759. The Kier molecular flexibility index (Phi) is 6.31. The van der Waals surface area contributed by atoms with Crippen molar-refractivity contribution in [2.75, 3.05) is 26.0 Å². The molecule has 0 aromatic heterocycles. The fraction of sp³-hybridized carbons (Fsp3) is 0.250. The third-order valence-corrected chi connectivity index (χ3v) is 3.58. The average molecular weight is 342 g/mol. The summed E-state index contributed by atoms with van der Waals surface area (Å²) in [6.07, 6.45) is 0. The number of carbonyl (C=O) groups excluding carboxylic acids is 1. The normalized spacial score (nSPS) is 11.9. The molecular formula is C20H23FN2O2. The Morgan fingerprint density at radius 3 is 2.48 bits per heavy atom. The van der Waals surface area contributed by atoms with Gasteiger partial charge in [-0.2, -0.15) is 0 Å². The number of nitrogens with one attached hydrogen (secondary N) is 1. The van der Waals surface area contributed by atoms with Gasteiger partial charge in [0.2, 0.25) is 5.91 Å². The van der Waals surface area contributed by atoms with Crippen molar-refractivity contribution < 1.29 is 13.9 Å². The van der Waals surface area contributed by atoms with E-state index in [9.17, 15) is 9.18 Å². The zero-order valence-electron chi connectivity index (χ0n) is 14.8. The third-order valence-electron chi connectivity index (χ3n) is 3.58. The standard InChI is InChI=1S/C20H23FN2O2/c1-14(2)13-25-18-12-8-7-11-17(18)22-20(24)19(23(3)4)15-9-5-6-10-16(15)21/h5-12,19H,1,13H2,2-4H3,(H,22,24). The highest BCUT2D eigenvalue weighted by molar-refractivity contribution is 5.96. The number of ether oxygens (including phenoxy) is 1. The van der Waals surface area contributed by atoms with Crippen LogP contribution in [0.5, 0.6) is 5.75 Å². The minimum absolute atomic E-state index is 0.324. The molecule has 2 rings (SSSR count). The Hall–Kier alpha value is -2.66. The Morgan fingerprint density at radius 2 is 1.84 bits per heavy atom. The molecular weight excluding hydrogens is 319 g/mol. The van der Waals surface area contributed by atoms with Crippen LogP contribution < -0.4 is 10.1 Å². The molecule has 1 unspecified atom stereocenters. The molecule has 0 aliphatic rings. The van der Waals surface area contributed by atoms with Gasteiger partial charge in [-0.1, -0.05) is 36.9 Å². The second-order valence-electron chi connectivity index (χ2n) is 6.12. The summed E-state index contributed by atoms with van der Waals surface area (Å²) in [7, 11) is 3.47. The summed E-state index contributed by atoms with van der Waals surface area (Å²) in [5.74, 6) is -0.200. The molecule has 0 saturated carbocycles. The Balaban J connectivity index is 2.25. The quantitative estimate of drug-likeness (QED) is 0.773. The van der Waals surface area contributed by atoms with Crippen molar-refractivity contribution in [2.45, 2.75) is 13.0 Å². The van der Waals surface area contributed by atoms with Crippen LogP contribution in [-0.4, -0.2) is 31.5 Å². The van der Waals surface area contributed by atoms with Crippen molar-refractivity contribution in [1.82, 2.24) is 4.90 Å². The van der Waals surface area contributed by atoms with Crippen molar-refractivity contribution in [2.24, 2.45) is 0 Å². The molecule has 1 amide bonds. The second kappa shape index (κ2) is 8.44. The van der Waals surface area contributed by atoms with Gasteiger partial charge in [0, 0.05) is 5.56 Å². The van der Waals surface area contributed by atoms with E-state index in [-0.39, 0.29) is 5.91 Å². The number of para-hydroxylation sites is 2. The van der Waals surface area contributed by atoms with Gasteiger partial charge in [0.1, 0.15) is 24.2 Å². The number of halogens is 1. The van der Waals surface area contributed by atoms with E-state index in [0.717, 1.165) is 5.57 Å². The lowest BCUT2D eigenvalue weighted by molar-refractivity contribution is -0.120. The largest absolute Gasteiger partial charge is 0.487 e. The Labute approximate surface area is 147 Å². The zero-order valence-corrected chi connectivity index (χ0v) is 14.8. The highest BCUT2D eigenvalue weighted by Gasteiger charge is 2.26. The lowest BCUT2D eigenvalue weighted by Crippen LogP contribution is -2.33. The molecule has 0 fully saturated rings. The summed E-state index contributed by atoms with van der Waals surface area (Å²) in [5, 5.41) is 2.84. The SMILES string of the molecule is C=C(C)COc1ccccc1NC(=O)C(c1ccccc1F)N(C)C. The number of rotatable bonds is 7. The van der Waals surface area contributed by atoms with Gasteiger partial charge >= 0.3 is 0 Å². The molecule has 1 N–H and O–H groups in total. The summed E-state index contributed by atoms with van der Waals surface area (Å²) in [6, 6.07) is 12.7. The van der Waals surface area contributed by atoms with Crippen molar-refractivity contribution in [3.05, 3.63) is 72.1 Å². The molecule has 0 spiro atoms. The van der Waals surface area contributed by atoms with E-state index in [1.54, 1.807) is 55.4 Å². The van der Waals surface area contributed by atoms with Crippen LogP contribution in [0.4, 0.5) is 10.1 Å². The third kappa shape index (κ3) is 4.90. The number of carbonyl (C=O) groups is 1. The van der Waals surface area contributed by atoms with Gasteiger partial charge in [0.15, 0.2) is 0 Å². The number of likely N-dealkylation sites (N-methyl/N-ethyl adjacent to an activating group) is 1. The fourth-order valence-electron chi connectivity index (χ4n) is 2.45. The molecule has 132 valence electrons. The second-order valence-corrected chi connectivity index (χ2v) is 6.12. The monoisotopic (exact) mass is 342 g/mol. The minimum Gasteiger partial charge on any atom is -0.487 e. The van der Waals surface area contributed by atoms with Gasteiger partial charge in [-0.05, 0) is 44.8 Å². The van der Waals surface area contributed by atoms with E-state index in [1.165, 1.54) is 6.07 Å². The number of nitrogens with zero attached hydrogens (tertiary/aromatic N) is 1. The number of amides is 1. The van der Waals surface area contributed by atoms with Crippen LogP contribution in [0.3, 0.4) is 0 Å². The summed E-state index contributed by atoms with van der Waals surface area (Å²) < 4.78 is 19.8. The predicted molar refractivity (Wildman–Crippen MR) is 98.2 cm³/mol. The zero-order chi connectivity index (χ0) is 18.4. The Morgan fingerprint density at radius 1 is 1.20 bits per heavy atom. The van der Waals surface area contributed by atoms with Gasteiger partial charge in [-0.15, -0.1) is 0 Å². The maximum atomic E-state index is 14.1. The molecule has 0 radical (unpaired) electrons. The van der Waals surface area contributed by atoms with Crippen LogP contribution in [0.15, 0.2) is 60.7 Å². The molecule has 1 atom stereocenters. The fourth-order valence-corrected chi connectivity index (χ4v) is 2.45. The first kappa shape index (κ1) is 18.7. The molecule has 2 aromatic rings. The molecule has 0 heterocycles. The van der Waals surface area contributed by atoms with E-state index < -0.39 is 11.9 Å². The summed E-state index contributed by atoms with van der Waals surface area (Å²) >= 11 is 0. The smallest absolute Gasteiger partial charge is 0.246 e. The number of hydrogen-bond donors (Lipinski definition) is 1. The van der Waals surface area contributed by atoms with Crippen LogP contribution in [0.1, 0.15) is 18.5 Å². The maximum Gasteiger partial charge on any atom is 0.246 e. The van der Waals surface area contributed by atoms with Gasteiger partial charge < -0.3 is 10.1 Å². The van der Waals surface area contributed by atoms with Crippen LogP contribution in [0, 0.1) is 5.82 Å². The first-order valence-corrected chi connectivity index (χ1v) is 7.98. The van der Waals surface area contributed by atoms with Crippen molar-refractivity contribution in [3.8, 4) is 5.75 Å². The lowest BCUT2D eigenvalue weighted by Gasteiger charge is -2.24. The van der Waals surface area contributed by atoms with E-state index in [0.29, 0.717) is 23.6 Å². The lowest BCUT2D eigenvalue weighted by atomic mass is 10.0.